The lowest BCUT2D eigenvalue weighted by atomic mass is 10.1. The number of aromatic nitrogens is 1. The molecule has 114 valence electrons. The highest BCUT2D eigenvalue weighted by atomic mass is 16.2. The summed E-state index contributed by atoms with van der Waals surface area (Å²) in [6.45, 7) is 3.76. The summed E-state index contributed by atoms with van der Waals surface area (Å²) >= 11 is 0. The van der Waals surface area contributed by atoms with E-state index in [1.807, 2.05) is 50.2 Å². The van der Waals surface area contributed by atoms with Gasteiger partial charge in [0.05, 0.1) is 0 Å². The molecular weight excluding hydrogens is 276 g/mol. The average molecular weight is 296 g/mol. The van der Waals surface area contributed by atoms with Crippen molar-refractivity contribution >= 4 is 11.6 Å². The smallest absolute Gasteiger partial charge is 0.264 e. The summed E-state index contributed by atoms with van der Waals surface area (Å²) < 4.78 is 1.78. The topological polar surface area (TPSA) is 42.3 Å². The average Bonchev–Trinajstić information content (AvgIpc) is 3.31. The van der Waals surface area contributed by atoms with Crippen LogP contribution < -0.4 is 10.5 Å². The van der Waals surface area contributed by atoms with Crippen molar-refractivity contribution in [3.63, 3.8) is 0 Å². The lowest BCUT2D eigenvalue weighted by molar-refractivity contribution is 0.0990. The van der Waals surface area contributed by atoms with Crippen molar-refractivity contribution in [3.8, 4) is 0 Å². The molecule has 22 heavy (non-hydrogen) atoms. The number of aryl methyl sites for hydroxylation is 2. The maximum Gasteiger partial charge on any atom is 0.264 e. The van der Waals surface area contributed by atoms with E-state index in [0.29, 0.717) is 0 Å². The molecule has 0 aliphatic heterocycles. The summed E-state index contributed by atoms with van der Waals surface area (Å²) in [6, 6.07) is 11.6. The maximum atomic E-state index is 12.8. The molecule has 0 unspecified atom stereocenters. The van der Waals surface area contributed by atoms with Gasteiger partial charge in [0.1, 0.15) is 5.56 Å². The minimum atomic E-state index is -0.247. The number of nitrogens with zero attached hydrogens (tertiary/aromatic N) is 2. The molecule has 0 radical (unpaired) electrons. The van der Waals surface area contributed by atoms with E-state index >= 15 is 0 Å². The molecule has 2 aromatic rings. The van der Waals surface area contributed by atoms with Crippen molar-refractivity contribution in [3.05, 3.63) is 63.6 Å². The van der Waals surface area contributed by atoms with Crippen molar-refractivity contribution in [1.82, 2.24) is 4.57 Å². The molecule has 1 aromatic carbocycles. The van der Waals surface area contributed by atoms with Crippen LogP contribution in [0.4, 0.5) is 5.69 Å². The van der Waals surface area contributed by atoms with E-state index in [-0.39, 0.29) is 23.1 Å². The number of carbonyl (C=O) groups is 1. The number of carbonyl (C=O) groups excluding carboxylic acids is 1. The molecule has 1 saturated carbocycles. The van der Waals surface area contributed by atoms with Crippen LogP contribution in [0.1, 0.15) is 40.5 Å². The fraction of sp³-hybridized carbons (Fsp3) is 0.333. The summed E-state index contributed by atoms with van der Waals surface area (Å²) in [5.41, 5.74) is 2.58. The minimum absolute atomic E-state index is 0.159. The van der Waals surface area contributed by atoms with Crippen molar-refractivity contribution in [2.24, 2.45) is 0 Å². The largest absolute Gasteiger partial charge is 0.311 e. The molecule has 4 heteroatoms. The Hall–Kier alpha value is -2.36. The van der Waals surface area contributed by atoms with E-state index in [9.17, 15) is 9.59 Å². The number of amides is 1. The predicted molar refractivity (Wildman–Crippen MR) is 87.6 cm³/mol. The van der Waals surface area contributed by atoms with Gasteiger partial charge in [-0.1, -0.05) is 18.2 Å². The lowest BCUT2D eigenvalue weighted by Gasteiger charge is -2.20. The maximum absolute atomic E-state index is 12.8. The Morgan fingerprint density at radius 3 is 2.41 bits per heavy atom. The second kappa shape index (κ2) is 5.44. The fourth-order valence-electron chi connectivity index (χ4n) is 2.89. The van der Waals surface area contributed by atoms with Crippen LogP contribution in [0.5, 0.6) is 0 Å². The quantitative estimate of drug-likeness (QED) is 0.873. The number of pyridine rings is 1. The highest BCUT2D eigenvalue weighted by Crippen LogP contribution is 2.34. The zero-order valence-electron chi connectivity index (χ0n) is 13.2. The summed E-state index contributed by atoms with van der Waals surface area (Å²) in [4.78, 5) is 27.1. The highest BCUT2D eigenvalue weighted by molar-refractivity contribution is 6.06. The molecule has 1 fully saturated rings. The predicted octanol–water partition coefficient (Wildman–Crippen LogP) is 3.08. The Morgan fingerprint density at radius 1 is 1.18 bits per heavy atom. The van der Waals surface area contributed by atoms with Gasteiger partial charge < -0.3 is 9.47 Å². The number of anilines is 1. The molecule has 0 bridgehead atoms. The SMILES string of the molecule is Cc1cc(C)n(C2CC2)c(=O)c1C(=O)N(C)c1ccccc1. The van der Waals surface area contributed by atoms with Crippen LogP contribution in [-0.2, 0) is 0 Å². The van der Waals surface area contributed by atoms with Gasteiger partial charge >= 0.3 is 0 Å². The van der Waals surface area contributed by atoms with Crippen LogP contribution >= 0.6 is 0 Å². The van der Waals surface area contributed by atoms with Crippen LogP contribution in [0, 0.1) is 13.8 Å². The van der Waals surface area contributed by atoms with Gasteiger partial charge in [0.25, 0.3) is 11.5 Å². The minimum Gasteiger partial charge on any atom is -0.311 e. The molecule has 1 aromatic heterocycles. The van der Waals surface area contributed by atoms with Crippen molar-refractivity contribution in [2.75, 3.05) is 11.9 Å². The number of benzene rings is 1. The molecule has 4 nitrogen and oxygen atoms in total. The van der Waals surface area contributed by atoms with Crippen LogP contribution in [0.15, 0.2) is 41.2 Å². The van der Waals surface area contributed by atoms with Gasteiger partial charge in [-0.25, -0.2) is 0 Å². The summed E-state index contributed by atoms with van der Waals surface area (Å²) in [7, 11) is 1.71. The molecule has 0 spiro atoms. The van der Waals surface area contributed by atoms with Gasteiger partial charge in [0.2, 0.25) is 0 Å². The molecule has 1 aliphatic rings. The summed E-state index contributed by atoms with van der Waals surface area (Å²) in [5.74, 6) is -0.247. The van der Waals surface area contributed by atoms with Crippen molar-refractivity contribution in [2.45, 2.75) is 32.7 Å². The first-order valence-electron chi connectivity index (χ1n) is 7.56. The molecular formula is C18H20N2O2. The monoisotopic (exact) mass is 296 g/mol. The van der Waals surface area contributed by atoms with E-state index in [2.05, 4.69) is 0 Å². The zero-order chi connectivity index (χ0) is 15.9. The van der Waals surface area contributed by atoms with Crippen LogP contribution in [0.2, 0.25) is 0 Å². The number of para-hydroxylation sites is 1. The van der Waals surface area contributed by atoms with E-state index in [1.54, 1.807) is 11.6 Å². The summed E-state index contributed by atoms with van der Waals surface area (Å²) in [6.07, 6.45) is 2.04. The first kappa shape index (κ1) is 14.6. The highest BCUT2D eigenvalue weighted by Gasteiger charge is 2.29. The third-order valence-electron chi connectivity index (χ3n) is 4.21. The normalized spacial score (nSPS) is 14.0. The van der Waals surface area contributed by atoms with Crippen LogP contribution in [0.3, 0.4) is 0 Å². The zero-order valence-corrected chi connectivity index (χ0v) is 13.2. The van der Waals surface area contributed by atoms with Crippen LogP contribution in [-0.4, -0.2) is 17.5 Å². The molecule has 0 atom stereocenters. The summed E-state index contributed by atoms with van der Waals surface area (Å²) in [5, 5.41) is 0. The number of hydrogen-bond donors (Lipinski definition) is 0. The Balaban J connectivity index is 2.06. The molecule has 1 amide bonds. The van der Waals surface area contributed by atoms with Gasteiger partial charge in [0.15, 0.2) is 0 Å². The van der Waals surface area contributed by atoms with Gasteiger partial charge in [-0.3, -0.25) is 9.59 Å². The van der Waals surface area contributed by atoms with Gasteiger partial charge in [-0.05, 0) is 50.5 Å². The third-order valence-corrected chi connectivity index (χ3v) is 4.21. The van der Waals surface area contributed by atoms with Gasteiger partial charge in [-0.15, -0.1) is 0 Å². The first-order chi connectivity index (χ1) is 10.5. The fourth-order valence-corrected chi connectivity index (χ4v) is 2.89. The lowest BCUT2D eigenvalue weighted by Crippen LogP contribution is -2.36. The number of rotatable bonds is 3. The second-order valence-electron chi connectivity index (χ2n) is 5.95. The Morgan fingerprint density at radius 2 is 1.82 bits per heavy atom. The standard InChI is InChI=1S/C18H20N2O2/c1-12-11-13(2)20(15-9-10-15)18(22)16(12)17(21)19(3)14-7-5-4-6-8-14/h4-8,11,15H,9-10H2,1-3H3. The molecule has 0 saturated heterocycles. The van der Waals surface area contributed by atoms with Crippen molar-refractivity contribution in [1.29, 1.82) is 0 Å². The van der Waals surface area contributed by atoms with E-state index < -0.39 is 0 Å². The first-order valence-corrected chi connectivity index (χ1v) is 7.56. The Kier molecular flexibility index (Phi) is 3.61. The van der Waals surface area contributed by atoms with Crippen LogP contribution in [0.25, 0.3) is 0 Å². The van der Waals surface area contributed by atoms with Crippen molar-refractivity contribution < 1.29 is 4.79 Å². The Labute approximate surface area is 130 Å². The second-order valence-corrected chi connectivity index (χ2v) is 5.95. The molecule has 1 aliphatic carbocycles. The van der Waals surface area contributed by atoms with E-state index in [0.717, 1.165) is 29.8 Å². The molecule has 3 rings (SSSR count). The Bertz CT molecular complexity index is 774. The number of hydrogen-bond acceptors (Lipinski definition) is 2. The molecule has 1 heterocycles. The third kappa shape index (κ3) is 2.45. The van der Waals surface area contributed by atoms with Gasteiger partial charge in [0, 0.05) is 24.5 Å². The van der Waals surface area contributed by atoms with E-state index in [4.69, 9.17) is 0 Å². The molecule has 0 N–H and O–H groups in total. The van der Waals surface area contributed by atoms with E-state index in [1.165, 1.54) is 4.90 Å². The van der Waals surface area contributed by atoms with Gasteiger partial charge in [-0.2, -0.15) is 0 Å².